The Labute approximate surface area is 190 Å². The van der Waals surface area contributed by atoms with Crippen molar-refractivity contribution in [3.05, 3.63) is 98.8 Å². The second-order valence-electron chi connectivity index (χ2n) is 7.13. The van der Waals surface area contributed by atoms with Crippen LogP contribution in [0.4, 0.5) is 0 Å². The third kappa shape index (κ3) is 4.36. The molecule has 0 saturated heterocycles. The molecule has 0 unspecified atom stereocenters. The number of methoxy groups -OCH3 is 1. The lowest BCUT2D eigenvalue weighted by atomic mass is 10.1. The average Bonchev–Trinajstić information content (AvgIpc) is 3.04. The van der Waals surface area contributed by atoms with Gasteiger partial charge in [-0.1, -0.05) is 48.5 Å². The lowest BCUT2D eigenvalue weighted by Crippen LogP contribution is -2.07. The van der Waals surface area contributed by atoms with Crippen molar-refractivity contribution in [2.75, 3.05) is 7.11 Å². The Morgan fingerprint density at radius 2 is 1.73 bits per heavy atom. The first-order chi connectivity index (χ1) is 14.7. The molecule has 0 aliphatic carbocycles. The number of para-hydroxylation sites is 2. The summed E-state index contributed by atoms with van der Waals surface area (Å²) in [6.45, 7) is 3.61. The van der Waals surface area contributed by atoms with E-state index in [1.165, 1.54) is 25.7 Å². The number of hydrazone groups is 1. The Bertz CT molecular complexity index is 1180. The average molecular weight is 509 g/mol. The Balaban J connectivity index is 1.59. The molecule has 0 spiro atoms. The summed E-state index contributed by atoms with van der Waals surface area (Å²) in [6.07, 6.45) is 1.93. The predicted molar refractivity (Wildman–Crippen MR) is 132 cm³/mol. The fourth-order valence-electron chi connectivity index (χ4n) is 3.69. The molecule has 0 radical (unpaired) electrons. The number of rotatable bonds is 7. The molecule has 0 aliphatic heterocycles. The first-order valence-corrected chi connectivity index (χ1v) is 11.0. The Morgan fingerprint density at radius 3 is 2.53 bits per heavy atom. The number of nitrogens with zero attached hydrogens (tertiary/aromatic N) is 2. The lowest BCUT2D eigenvalue weighted by Gasteiger charge is -2.09. The molecule has 3 aromatic carbocycles. The van der Waals surface area contributed by atoms with Gasteiger partial charge in [-0.15, -0.1) is 0 Å². The maximum absolute atomic E-state index is 5.41. The van der Waals surface area contributed by atoms with Crippen LogP contribution in [-0.4, -0.2) is 17.9 Å². The van der Waals surface area contributed by atoms with E-state index in [1.807, 2.05) is 30.5 Å². The topological polar surface area (TPSA) is 38.5 Å². The molecule has 5 heteroatoms. The SMILES string of the molecule is COc1ccccc1CN/N=C/c1c(C)n(Cc2ccc(I)cc2)c2ccccc12. The van der Waals surface area contributed by atoms with Crippen molar-refractivity contribution in [1.29, 1.82) is 0 Å². The van der Waals surface area contributed by atoms with Gasteiger partial charge in [0.05, 0.1) is 19.9 Å². The highest BCUT2D eigenvalue weighted by atomic mass is 127. The van der Waals surface area contributed by atoms with Crippen LogP contribution in [-0.2, 0) is 13.1 Å². The van der Waals surface area contributed by atoms with Crippen LogP contribution in [0.1, 0.15) is 22.4 Å². The molecule has 0 aliphatic rings. The molecule has 1 aromatic heterocycles. The lowest BCUT2D eigenvalue weighted by molar-refractivity contribution is 0.408. The van der Waals surface area contributed by atoms with Gasteiger partial charge in [0.2, 0.25) is 0 Å². The summed E-state index contributed by atoms with van der Waals surface area (Å²) < 4.78 is 9.02. The summed E-state index contributed by atoms with van der Waals surface area (Å²) in [7, 11) is 1.69. The fourth-order valence-corrected chi connectivity index (χ4v) is 4.05. The zero-order valence-corrected chi connectivity index (χ0v) is 19.3. The summed E-state index contributed by atoms with van der Waals surface area (Å²) in [6, 6.07) is 25.2. The number of benzene rings is 3. The van der Waals surface area contributed by atoms with Crippen molar-refractivity contribution in [2.24, 2.45) is 5.10 Å². The minimum atomic E-state index is 0.612. The van der Waals surface area contributed by atoms with E-state index in [2.05, 4.69) is 93.1 Å². The number of aromatic nitrogens is 1. The van der Waals surface area contributed by atoms with Crippen molar-refractivity contribution in [3.63, 3.8) is 0 Å². The molecule has 0 bridgehead atoms. The van der Waals surface area contributed by atoms with Gasteiger partial charge in [0.25, 0.3) is 0 Å². The first-order valence-electron chi connectivity index (χ1n) is 9.87. The van der Waals surface area contributed by atoms with E-state index in [-0.39, 0.29) is 0 Å². The van der Waals surface area contributed by atoms with E-state index in [1.54, 1.807) is 7.11 Å². The smallest absolute Gasteiger partial charge is 0.123 e. The minimum absolute atomic E-state index is 0.612. The molecular formula is C25H24IN3O. The Morgan fingerprint density at radius 1 is 1.00 bits per heavy atom. The summed E-state index contributed by atoms with van der Waals surface area (Å²) >= 11 is 2.34. The molecule has 1 N–H and O–H groups in total. The Kier molecular flexibility index (Phi) is 6.38. The van der Waals surface area contributed by atoms with Gasteiger partial charge in [-0.3, -0.25) is 0 Å². The number of halogens is 1. The molecule has 0 amide bonds. The number of hydrogen-bond donors (Lipinski definition) is 1. The minimum Gasteiger partial charge on any atom is -0.496 e. The van der Waals surface area contributed by atoms with Crippen LogP contribution < -0.4 is 10.2 Å². The molecule has 4 aromatic rings. The zero-order valence-electron chi connectivity index (χ0n) is 17.1. The summed E-state index contributed by atoms with van der Waals surface area (Å²) in [5, 5.41) is 5.72. The molecule has 0 atom stereocenters. The number of hydrogen-bond acceptors (Lipinski definition) is 3. The molecular weight excluding hydrogens is 485 g/mol. The standard InChI is InChI=1S/C25H24IN3O/c1-18-23(16-28-27-15-20-7-3-6-10-25(20)30-2)22-8-4-5-9-24(22)29(18)17-19-11-13-21(26)14-12-19/h3-14,16,27H,15,17H2,1-2H3/b28-16+. The van der Waals surface area contributed by atoms with Crippen LogP contribution in [0, 0.1) is 10.5 Å². The molecule has 4 nitrogen and oxygen atoms in total. The van der Waals surface area contributed by atoms with Crippen molar-refractivity contribution >= 4 is 39.7 Å². The van der Waals surface area contributed by atoms with Crippen molar-refractivity contribution in [2.45, 2.75) is 20.0 Å². The highest BCUT2D eigenvalue weighted by Crippen LogP contribution is 2.26. The summed E-state index contributed by atoms with van der Waals surface area (Å²) in [4.78, 5) is 0. The second-order valence-corrected chi connectivity index (χ2v) is 8.38. The van der Waals surface area contributed by atoms with Crippen LogP contribution in [0.5, 0.6) is 5.75 Å². The van der Waals surface area contributed by atoms with E-state index in [0.717, 1.165) is 23.4 Å². The van der Waals surface area contributed by atoms with Crippen LogP contribution in [0.3, 0.4) is 0 Å². The number of ether oxygens (including phenoxy) is 1. The van der Waals surface area contributed by atoms with Gasteiger partial charge in [-0.25, -0.2) is 0 Å². The molecule has 152 valence electrons. The summed E-state index contributed by atoms with van der Waals surface area (Å²) in [5.74, 6) is 0.866. The fraction of sp³-hybridized carbons (Fsp3) is 0.160. The third-order valence-electron chi connectivity index (χ3n) is 5.28. The molecule has 0 saturated carbocycles. The highest BCUT2D eigenvalue weighted by molar-refractivity contribution is 14.1. The van der Waals surface area contributed by atoms with Crippen LogP contribution >= 0.6 is 22.6 Å². The van der Waals surface area contributed by atoms with Gasteiger partial charge < -0.3 is 14.7 Å². The van der Waals surface area contributed by atoms with Gasteiger partial charge in [0.15, 0.2) is 0 Å². The highest BCUT2D eigenvalue weighted by Gasteiger charge is 2.12. The normalized spacial score (nSPS) is 11.3. The maximum atomic E-state index is 5.41. The van der Waals surface area contributed by atoms with Gasteiger partial charge in [0.1, 0.15) is 5.75 Å². The van der Waals surface area contributed by atoms with Crippen LogP contribution in [0.2, 0.25) is 0 Å². The van der Waals surface area contributed by atoms with E-state index >= 15 is 0 Å². The van der Waals surface area contributed by atoms with E-state index in [9.17, 15) is 0 Å². The van der Waals surface area contributed by atoms with Gasteiger partial charge in [0, 0.05) is 37.8 Å². The largest absolute Gasteiger partial charge is 0.496 e. The molecule has 30 heavy (non-hydrogen) atoms. The van der Waals surface area contributed by atoms with E-state index in [0.29, 0.717) is 6.54 Å². The molecule has 4 rings (SSSR count). The number of fused-ring (bicyclic) bond motifs is 1. The monoisotopic (exact) mass is 509 g/mol. The summed E-state index contributed by atoms with van der Waals surface area (Å²) in [5.41, 5.74) is 9.10. The van der Waals surface area contributed by atoms with Crippen molar-refractivity contribution in [1.82, 2.24) is 9.99 Å². The predicted octanol–water partition coefficient (Wildman–Crippen LogP) is 5.73. The third-order valence-corrected chi connectivity index (χ3v) is 6.00. The second kappa shape index (κ2) is 9.34. The van der Waals surface area contributed by atoms with Crippen molar-refractivity contribution in [3.8, 4) is 5.75 Å². The maximum Gasteiger partial charge on any atom is 0.123 e. The quantitative estimate of drug-likeness (QED) is 0.196. The molecule has 1 heterocycles. The zero-order chi connectivity index (χ0) is 20.9. The van der Waals surface area contributed by atoms with Gasteiger partial charge >= 0.3 is 0 Å². The van der Waals surface area contributed by atoms with Crippen LogP contribution in [0.15, 0.2) is 77.9 Å². The van der Waals surface area contributed by atoms with Gasteiger partial charge in [-0.05, 0) is 59.3 Å². The van der Waals surface area contributed by atoms with Crippen molar-refractivity contribution < 1.29 is 4.74 Å². The Hall–Kier alpha value is -2.80. The first kappa shape index (κ1) is 20.5. The van der Waals surface area contributed by atoms with E-state index < -0.39 is 0 Å². The van der Waals surface area contributed by atoms with E-state index in [4.69, 9.17) is 4.74 Å². The molecule has 0 fully saturated rings. The number of nitrogens with one attached hydrogen (secondary N) is 1. The van der Waals surface area contributed by atoms with Gasteiger partial charge in [-0.2, -0.15) is 5.10 Å². The van der Waals surface area contributed by atoms with Crippen LogP contribution in [0.25, 0.3) is 10.9 Å².